The highest BCUT2D eigenvalue weighted by molar-refractivity contribution is 6.22. The molecule has 0 unspecified atom stereocenters. The Morgan fingerprint density at radius 2 is 1.68 bits per heavy atom. The zero-order valence-corrected chi connectivity index (χ0v) is 13.4. The van der Waals surface area contributed by atoms with Gasteiger partial charge in [-0.3, -0.25) is 19.3 Å². The van der Waals surface area contributed by atoms with E-state index in [1.807, 2.05) is 19.0 Å². The summed E-state index contributed by atoms with van der Waals surface area (Å²) in [5, 5.41) is 2.72. The second-order valence-corrected chi connectivity index (χ2v) is 5.25. The molecule has 1 aliphatic rings. The first-order valence-electron chi connectivity index (χ1n) is 6.87. The largest absolute Gasteiger partial charge is 1.00 e. The second-order valence-electron chi connectivity index (χ2n) is 5.25. The minimum absolute atomic E-state index is 0. The maximum atomic E-state index is 12.1. The van der Waals surface area contributed by atoms with Crippen LogP contribution in [0, 0.1) is 0 Å². The van der Waals surface area contributed by atoms with Gasteiger partial charge >= 0.3 is 0 Å². The van der Waals surface area contributed by atoms with E-state index in [2.05, 4.69) is 5.32 Å². The zero-order chi connectivity index (χ0) is 15.4. The molecule has 0 atom stereocenters. The molecular weight excluding hydrogens is 306 g/mol. The minimum Gasteiger partial charge on any atom is -1.00 e. The van der Waals surface area contributed by atoms with Gasteiger partial charge in [-0.05, 0) is 39.2 Å². The SMILES string of the molecule is CN(C)CCCNC(=O)CN1C(=O)c2ccccc2C1=O.[Cl-]. The minimum atomic E-state index is -0.404. The molecule has 1 N–H and O–H groups in total. The van der Waals surface area contributed by atoms with Crippen LogP contribution in [-0.4, -0.2) is 61.3 Å². The lowest BCUT2D eigenvalue weighted by molar-refractivity contribution is -0.121. The summed E-state index contributed by atoms with van der Waals surface area (Å²) >= 11 is 0. The van der Waals surface area contributed by atoms with Gasteiger partial charge in [0.25, 0.3) is 11.8 Å². The molecule has 0 saturated heterocycles. The van der Waals surface area contributed by atoms with Crippen LogP contribution in [0.5, 0.6) is 0 Å². The molecule has 7 heteroatoms. The van der Waals surface area contributed by atoms with Gasteiger partial charge in [0.05, 0.1) is 11.1 Å². The number of benzene rings is 1. The van der Waals surface area contributed by atoms with Crippen molar-refractivity contribution < 1.29 is 26.8 Å². The number of nitrogens with zero attached hydrogens (tertiary/aromatic N) is 2. The first-order chi connectivity index (χ1) is 10.0. The molecule has 0 bridgehead atoms. The van der Waals surface area contributed by atoms with E-state index in [0.717, 1.165) is 17.9 Å². The standard InChI is InChI=1S/C15H19N3O3.ClH/c1-17(2)9-5-8-16-13(19)10-18-14(20)11-6-3-4-7-12(11)15(18)21;/h3-4,6-7H,5,8-10H2,1-2H3,(H,16,19);1H/p-1. The molecule has 0 aromatic heterocycles. The molecule has 2 rings (SSSR count). The fourth-order valence-electron chi connectivity index (χ4n) is 2.21. The molecule has 0 aliphatic carbocycles. The van der Waals surface area contributed by atoms with Crippen LogP contribution in [0.15, 0.2) is 24.3 Å². The van der Waals surface area contributed by atoms with Gasteiger partial charge in [0, 0.05) is 6.54 Å². The molecule has 1 aromatic carbocycles. The molecule has 1 heterocycles. The van der Waals surface area contributed by atoms with Crippen LogP contribution in [-0.2, 0) is 4.79 Å². The summed E-state index contributed by atoms with van der Waals surface area (Å²) in [6, 6.07) is 6.61. The van der Waals surface area contributed by atoms with Crippen molar-refractivity contribution in [1.29, 1.82) is 0 Å². The average molecular weight is 325 g/mol. The van der Waals surface area contributed by atoms with E-state index in [1.165, 1.54) is 0 Å². The number of amides is 3. The Balaban J connectivity index is 0.00000242. The molecule has 0 saturated carbocycles. The summed E-state index contributed by atoms with van der Waals surface area (Å²) in [5.74, 6) is -1.12. The molecule has 0 radical (unpaired) electrons. The van der Waals surface area contributed by atoms with Gasteiger partial charge < -0.3 is 22.6 Å². The van der Waals surface area contributed by atoms with Crippen LogP contribution in [0.4, 0.5) is 0 Å². The highest BCUT2D eigenvalue weighted by Crippen LogP contribution is 2.21. The van der Waals surface area contributed by atoms with E-state index in [4.69, 9.17) is 0 Å². The topological polar surface area (TPSA) is 69.7 Å². The summed E-state index contributed by atoms with van der Waals surface area (Å²) in [5.41, 5.74) is 0.728. The number of carbonyl (C=O) groups is 3. The van der Waals surface area contributed by atoms with Gasteiger partial charge in [-0.1, -0.05) is 12.1 Å². The fraction of sp³-hybridized carbons (Fsp3) is 0.400. The highest BCUT2D eigenvalue weighted by atomic mass is 35.5. The number of halogens is 1. The Morgan fingerprint density at radius 3 is 2.18 bits per heavy atom. The number of nitrogens with one attached hydrogen (secondary N) is 1. The molecule has 0 fully saturated rings. The van der Waals surface area contributed by atoms with Crippen molar-refractivity contribution in [2.45, 2.75) is 6.42 Å². The zero-order valence-electron chi connectivity index (χ0n) is 12.6. The number of fused-ring (bicyclic) bond motifs is 1. The van der Waals surface area contributed by atoms with Crippen molar-refractivity contribution >= 4 is 17.7 Å². The van der Waals surface area contributed by atoms with Crippen molar-refractivity contribution in [3.05, 3.63) is 35.4 Å². The molecule has 6 nitrogen and oxygen atoms in total. The van der Waals surface area contributed by atoms with Crippen molar-refractivity contribution in [3.8, 4) is 0 Å². The van der Waals surface area contributed by atoms with Crippen LogP contribution in [0.25, 0.3) is 0 Å². The normalized spacial score (nSPS) is 13.1. The van der Waals surface area contributed by atoms with E-state index in [0.29, 0.717) is 17.7 Å². The van der Waals surface area contributed by atoms with E-state index < -0.39 is 11.8 Å². The number of carbonyl (C=O) groups excluding carboxylic acids is 3. The van der Waals surface area contributed by atoms with Crippen molar-refractivity contribution in [3.63, 3.8) is 0 Å². The Labute approximate surface area is 135 Å². The lowest BCUT2D eigenvalue weighted by atomic mass is 10.1. The Hall–Kier alpha value is -1.92. The van der Waals surface area contributed by atoms with E-state index in [1.54, 1.807) is 24.3 Å². The van der Waals surface area contributed by atoms with Crippen LogP contribution in [0.1, 0.15) is 27.1 Å². The smallest absolute Gasteiger partial charge is 0.262 e. The predicted octanol–water partition coefficient (Wildman–Crippen LogP) is -2.65. The quantitative estimate of drug-likeness (QED) is 0.459. The Bertz CT molecular complexity index is 540. The fourth-order valence-corrected chi connectivity index (χ4v) is 2.21. The van der Waals surface area contributed by atoms with E-state index in [9.17, 15) is 14.4 Å². The molecular formula is C15H19ClN3O3-. The van der Waals surface area contributed by atoms with Crippen LogP contribution in [0.2, 0.25) is 0 Å². The summed E-state index contributed by atoms with van der Waals surface area (Å²) < 4.78 is 0. The third-order valence-corrected chi connectivity index (χ3v) is 3.28. The first kappa shape index (κ1) is 18.1. The Morgan fingerprint density at radius 1 is 1.14 bits per heavy atom. The van der Waals surface area contributed by atoms with Crippen molar-refractivity contribution in [1.82, 2.24) is 15.1 Å². The van der Waals surface area contributed by atoms with Crippen LogP contribution in [0.3, 0.4) is 0 Å². The summed E-state index contributed by atoms with van der Waals surface area (Å²) in [6.07, 6.45) is 0.820. The van der Waals surface area contributed by atoms with Crippen molar-refractivity contribution in [2.75, 3.05) is 33.7 Å². The number of imide groups is 1. The van der Waals surface area contributed by atoms with Crippen LogP contribution >= 0.6 is 0 Å². The third-order valence-electron chi connectivity index (χ3n) is 3.28. The molecule has 22 heavy (non-hydrogen) atoms. The van der Waals surface area contributed by atoms with Gasteiger partial charge in [0.1, 0.15) is 6.54 Å². The van der Waals surface area contributed by atoms with Gasteiger partial charge in [-0.2, -0.15) is 0 Å². The monoisotopic (exact) mass is 324 g/mol. The maximum Gasteiger partial charge on any atom is 0.262 e. The lowest BCUT2D eigenvalue weighted by Gasteiger charge is -2.14. The first-order valence-corrected chi connectivity index (χ1v) is 6.87. The summed E-state index contributed by atoms with van der Waals surface area (Å²) in [6.45, 7) is 1.17. The third kappa shape index (κ3) is 4.05. The maximum absolute atomic E-state index is 12.1. The van der Waals surface area contributed by atoms with E-state index in [-0.39, 0.29) is 24.9 Å². The average Bonchev–Trinajstić information content (AvgIpc) is 2.69. The number of hydrogen-bond donors (Lipinski definition) is 1. The molecule has 1 aromatic rings. The van der Waals surface area contributed by atoms with Gasteiger partial charge in [0.15, 0.2) is 0 Å². The van der Waals surface area contributed by atoms with Crippen LogP contribution < -0.4 is 17.7 Å². The number of rotatable bonds is 6. The molecule has 120 valence electrons. The van der Waals surface area contributed by atoms with Gasteiger partial charge in [-0.25, -0.2) is 0 Å². The summed E-state index contributed by atoms with van der Waals surface area (Å²) in [4.78, 5) is 39.0. The highest BCUT2D eigenvalue weighted by Gasteiger charge is 2.36. The molecule has 3 amide bonds. The van der Waals surface area contributed by atoms with Crippen molar-refractivity contribution in [2.24, 2.45) is 0 Å². The van der Waals surface area contributed by atoms with Gasteiger partial charge in [-0.15, -0.1) is 0 Å². The molecule has 1 aliphatic heterocycles. The summed E-state index contributed by atoms with van der Waals surface area (Å²) in [7, 11) is 3.92. The lowest BCUT2D eigenvalue weighted by Crippen LogP contribution is -3.00. The predicted molar refractivity (Wildman–Crippen MR) is 78.0 cm³/mol. The second kappa shape index (κ2) is 7.91. The number of hydrogen-bond acceptors (Lipinski definition) is 4. The Kier molecular flexibility index (Phi) is 6.52. The van der Waals surface area contributed by atoms with Gasteiger partial charge in [0.2, 0.25) is 5.91 Å². The van der Waals surface area contributed by atoms with E-state index >= 15 is 0 Å². The molecule has 0 spiro atoms.